The fraction of sp³-hybridized carbons (Fsp3) is 0.167. The summed E-state index contributed by atoms with van der Waals surface area (Å²) in [6.07, 6.45) is 2.97. The normalized spacial score (nSPS) is 10.7. The van der Waals surface area contributed by atoms with Gasteiger partial charge in [-0.15, -0.1) is 0 Å². The molecule has 2 aromatic rings. The summed E-state index contributed by atoms with van der Waals surface area (Å²) in [5.74, 6) is 0.769. The molecule has 0 radical (unpaired) electrons. The van der Waals surface area contributed by atoms with Gasteiger partial charge < -0.3 is 14.8 Å². The number of carbonyl (C=O) groups is 1. The number of benzene rings is 2. The van der Waals surface area contributed by atoms with Crippen molar-refractivity contribution in [2.45, 2.75) is 6.92 Å². The van der Waals surface area contributed by atoms with Gasteiger partial charge in [-0.25, -0.2) is 0 Å². The third-order valence-electron chi connectivity index (χ3n) is 3.10. The molecule has 6 heteroatoms. The maximum atomic E-state index is 12.2. The second-order valence-corrected chi connectivity index (χ2v) is 5.61. The Morgan fingerprint density at radius 2 is 2.00 bits per heavy atom. The molecule has 24 heavy (non-hydrogen) atoms. The summed E-state index contributed by atoms with van der Waals surface area (Å²) < 4.78 is 10.7. The van der Waals surface area contributed by atoms with Crippen LogP contribution in [-0.2, 0) is 4.79 Å². The van der Waals surface area contributed by atoms with Gasteiger partial charge in [0.25, 0.3) is 0 Å². The molecular weight excluding hydrogens is 349 g/mol. The van der Waals surface area contributed by atoms with E-state index < -0.39 is 0 Å². The van der Waals surface area contributed by atoms with E-state index in [0.29, 0.717) is 39.4 Å². The first-order valence-electron chi connectivity index (χ1n) is 7.29. The van der Waals surface area contributed by atoms with Gasteiger partial charge >= 0.3 is 0 Å². The van der Waals surface area contributed by atoms with Gasteiger partial charge in [-0.05, 0) is 37.3 Å². The molecule has 4 nitrogen and oxygen atoms in total. The van der Waals surface area contributed by atoms with E-state index in [4.69, 9.17) is 32.7 Å². The molecule has 0 bridgehead atoms. The second-order valence-electron chi connectivity index (χ2n) is 4.76. The van der Waals surface area contributed by atoms with Crippen LogP contribution < -0.4 is 14.8 Å². The van der Waals surface area contributed by atoms with Crippen molar-refractivity contribution >= 4 is 40.9 Å². The highest BCUT2D eigenvalue weighted by molar-refractivity contribution is 6.36. The molecule has 2 rings (SSSR count). The monoisotopic (exact) mass is 365 g/mol. The molecule has 126 valence electrons. The molecule has 0 aliphatic heterocycles. The van der Waals surface area contributed by atoms with Gasteiger partial charge in [0.2, 0.25) is 5.91 Å². The number of anilines is 1. The number of hydrogen-bond donors (Lipinski definition) is 1. The van der Waals surface area contributed by atoms with Crippen LogP contribution in [0.2, 0.25) is 10.0 Å². The summed E-state index contributed by atoms with van der Waals surface area (Å²) in [7, 11) is 1.50. The largest absolute Gasteiger partial charge is 0.495 e. The molecule has 0 aliphatic rings. The standard InChI is InChI=1S/C18H17Cl2NO3/c1-3-24-16-7-5-4-6-15(16)21-17(22)9-8-12-10-13(19)11-14(20)18(12)23-2/h4-11H,3H2,1-2H3,(H,21,22). The van der Waals surface area contributed by atoms with Gasteiger partial charge in [0.1, 0.15) is 11.5 Å². The van der Waals surface area contributed by atoms with Crippen LogP contribution in [0, 0.1) is 0 Å². The van der Waals surface area contributed by atoms with Crippen LogP contribution in [0.4, 0.5) is 5.69 Å². The molecule has 2 aromatic carbocycles. The third kappa shape index (κ3) is 4.66. The van der Waals surface area contributed by atoms with E-state index in [0.717, 1.165) is 0 Å². The SMILES string of the molecule is CCOc1ccccc1NC(=O)C=Cc1cc(Cl)cc(Cl)c1OC. The lowest BCUT2D eigenvalue weighted by molar-refractivity contribution is -0.111. The zero-order valence-electron chi connectivity index (χ0n) is 13.3. The van der Waals surface area contributed by atoms with Gasteiger partial charge in [-0.1, -0.05) is 35.3 Å². The van der Waals surface area contributed by atoms with Crippen LogP contribution in [0.25, 0.3) is 6.08 Å². The first kappa shape index (κ1) is 18.2. The fourth-order valence-corrected chi connectivity index (χ4v) is 2.70. The Bertz CT molecular complexity index is 760. The molecule has 0 atom stereocenters. The van der Waals surface area contributed by atoms with Crippen LogP contribution in [0.5, 0.6) is 11.5 Å². The molecular formula is C18H17Cl2NO3. The summed E-state index contributed by atoms with van der Waals surface area (Å²) >= 11 is 12.1. The summed E-state index contributed by atoms with van der Waals surface area (Å²) in [6, 6.07) is 10.5. The lowest BCUT2D eigenvalue weighted by Crippen LogP contribution is -2.09. The summed E-state index contributed by atoms with van der Waals surface area (Å²) in [5.41, 5.74) is 1.22. The highest BCUT2D eigenvalue weighted by Gasteiger charge is 2.09. The predicted octanol–water partition coefficient (Wildman–Crippen LogP) is 5.05. The van der Waals surface area contributed by atoms with E-state index in [1.807, 2.05) is 19.1 Å². The minimum absolute atomic E-state index is 0.305. The third-order valence-corrected chi connectivity index (χ3v) is 3.60. The number of nitrogens with one attached hydrogen (secondary N) is 1. The van der Waals surface area contributed by atoms with Gasteiger partial charge in [-0.2, -0.15) is 0 Å². The van der Waals surface area contributed by atoms with Crippen molar-refractivity contribution in [3.8, 4) is 11.5 Å². The molecule has 0 heterocycles. The highest BCUT2D eigenvalue weighted by atomic mass is 35.5. The average molecular weight is 366 g/mol. The number of hydrogen-bond acceptors (Lipinski definition) is 3. The zero-order valence-corrected chi connectivity index (χ0v) is 14.8. The Kier molecular flexibility index (Phi) is 6.53. The number of methoxy groups -OCH3 is 1. The quantitative estimate of drug-likeness (QED) is 0.728. The van der Waals surface area contributed by atoms with Crippen LogP contribution in [0.15, 0.2) is 42.5 Å². The molecule has 0 fully saturated rings. The van der Waals surface area contributed by atoms with Gasteiger partial charge in [0, 0.05) is 16.7 Å². The number of rotatable bonds is 6. The predicted molar refractivity (Wildman–Crippen MR) is 98.3 cm³/mol. The second kappa shape index (κ2) is 8.62. The lowest BCUT2D eigenvalue weighted by Gasteiger charge is -2.10. The summed E-state index contributed by atoms with van der Waals surface area (Å²) in [5, 5.41) is 3.62. The molecule has 0 saturated carbocycles. The molecule has 0 spiro atoms. The number of halogens is 2. The molecule has 0 saturated heterocycles. The van der Waals surface area contributed by atoms with Crippen molar-refractivity contribution in [3.63, 3.8) is 0 Å². The maximum Gasteiger partial charge on any atom is 0.248 e. The summed E-state index contributed by atoms with van der Waals surface area (Å²) in [6.45, 7) is 2.40. The van der Waals surface area contributed by atoms with E-state index in [1.165, 1.54) is 13.2 Å². The zero-order chi connectivity index (χ0) is 17.5. The van der Waals surface area contributed by atoms with Gasteiger partial charge in [0.05, 0.1) is 24.4 Å². The minimum Gasteiger partial charge on any atom is -0.495 e. The van der Waals surface area contributed by atoms with Crippen LogP contribution in [0.3, 0.4) is 0 Å². The van der Waals surface area contributed by atoms with E-state index in [1.54, 1.807) is 30.3 Å². The van der Waals surface area contributed by atoms with Crippen molar-refractivity contribution < 1.29 is 14.3 Å². The lowest BCUT2D eigenvalue weighted by atomic mass is 10.2. The number of carbonyl (C=O) groups excluding carboxylic acids is 1. The Balaban J connectivity index is 2.17. The summed E-state index contributed by atoms with van der Waals surface area (Å²) in [4.78, 5) is 12.2. The van der Waals surface area contributed by atoms with Crippen molar-refractivity contribution in [2.24, 2.45) is 0 Å². The van der Waals surface area contributed by atoms with Gasteiger partial charge in [-0.3, -0.25) is 4.79 Å². The van der Waals surface area contributed by atoms with Crippen LogP contribution in [-0.4, -0.2) is 19.6 Å². The topological polar surface area (TPSA) is 47.6 Å². The van der Waals surface area contributed by atoms with E-state index >= 15 is 0 Å². The van der Waals surface area contributed by atoms with Crippen molar-refractivity contribution in [2.75, 3.05) is 19.0 Å². The van der Waals surface area contributed by atoms with Crippen LogP contribution >= 0.6 is 23.2 Å². The number of amides is 1. The number of ether oxygens (including phenoxy) is 2. The highest BCUT2D eigenvalue weighted by Crippen LogP contribution is 2.33. The van der Waals surface area contributed by atoms with E-state index in [-0.39, 0.29) is 5.91 Å². The van der Waals surface area contributed by atoms with Crippen LogP contribution in [0.1, 0.15) is 12.5 Å². The van der Waals surface area contributed by atoms with E-state index in [2.05, 4.69) is 5.32 Å². The Morgan fingerprint density at radius 1 is 1.25 bits per heavy atom. The number of para-hydroxylation sites is 2. The molecule has 1 N–H and O–H groups in total. The molecule has 0 aliphatic carbocycles. The maximum absolute atomic E-state index is 12.2. The van der Waals surface area contributed by atoms with Gasteiger partial charge in [0.15, 0.2) is 0 Å². The Labute approximate surface area is 151 Å². The first-order valence-corrected chi connectivity index (χ1v) is 8.04. The smallest absolute Gasteiger partial charge is 0.248 e. The Morgan fingerprint density at radius 3 is 2.71 bits per heavy atom. The van der Waals surface area contributed by atoms with Crippen molar-refractivity contribution in [3.05, 3.63) is 58.1 Å². The van der Waals surface area contributed by atoms with Crippen molar-refractivity contribution in [1.29, 1.82) is 0 Å². The fourth-order valence-electron chi connectivity index (χ4n) is 2.11. The Hall–Kier alpha value is -2.17. The average Bonchev–Trinajstić information content (AvgIpc) is 2.54. The first-order chi connectivity index (χ1) is 11.5. The molecule has 0 unspecified atom stereocenters. The van der Waals surface area contributed by atoms with Crippen molar-refractivity contribution in [1.82, 2.24) is 0 Å². The molecule has 0 aromatic heterocycles. The molecule has 1 amide bonds. The van der Waals surface area contributed by atoms with E-state index in [9.17, 15) is 4.79 Å². The minimum atomic E-state index is -0.305.